The molecule has 28 heavy (non-hydrogen) atoms. The lowest BCUT2D eigenvalue weighted by Crippen LogP contribution is -1.89. The average molecular weight is 396 g/mol. The summed E-state index contributed by atoms with van der Waals surface area (Å²) in [5.41, 5.74) is 1.58. The molecule has 0 aliphatic heterocycles. The number of hydrogen-bond donors (Lipinski definition) is 0. The number of para-hydroxylation sites is 1. The van der Waals surface area contributed by atoms with Crippen molar-refractivity contribution in [3.63, 3.8) is 0 Å². The van der Waals surface area contributed by atoms with E-state index in [4.69, 9.17) is 18.4 Å². The second kappa shape index (κ2) is 8.13. The minimum absolute atomic E-state index is 0.409. The van der Waals surface area contributed by atoms with Crippen molar-refractivity contribution in [2.24, 2.45) is 0 Å². The van der Waals surface area contributed by atoms with Crippen LogP contribution in [0.1, 0.15) is 5.89 Å². The minimum atomic E-state index is 0.409. The summed E-state index contributed by atoms with van der Waals surface area (Å²) in [4.78, 5) is 4.41. The first kappa shape index (κ1) is 18.1. The zero-order chi connectivity index (χ0) is 19.3. The van der Waals surface area contributed by atoms with Crippen molar-refractivity contribution in [3.8, 4) is 34.3 Å². The molecule has 0 aliphatic rings. The highest BCUT2D eigenvalue weighted by atomic mass is 32.2. The molecule has 2 aromatic carbocycles. The highest BCUT2D eigenvalue weighted by Crippen LogP contribution is 2.29. The van der Waals surface area contributed by atoms with Gasteiger partial charge in [-0.2, -0.15) is 4.98 Å². The Kier molecular flexibility index (Phi) is 5.24. The number of thioether (sulfide) groups is 1. The van der Waals surface area contributed by atoms with E-state index < -0.39 is 0 Å². The third kappa shape index (κ3) is 3.84. The molecule has 0 atom stereocenters. The average Bonchev–Trinajstić information content (AvgIpc) is 3.42. The third-order valence-electron chi connectivity index (χ3n) is 3.88. The van der Waals surface area contributed by atoms with Crippen molar-refractivity contribution in [2.75, 3.05) is 14.2 Å². The van der Waals surface area contributed by atoms with Crippen molar-refractivity contribution in [1.82, 2.24) is 20.3 Å². The summed E-state index contributed by atoms with van der Waals surface area (Å²) < 4.78 is 21.5. The fourth-order valence-corrected chi connectivity index (χ4v) is 3.09. The van der Waals surface area contributed by atoms with E-state index in [1.807, 2.05) is 48.5 Å². The van der Waals surface area contributed by atoms with E-state index >= 15 is 0 Å². The zero-order valence-electron chi connectivity index (χ0n) is 15.2. The molecule has 142 valence electrons. The molecule has 0 saturated heterocycles. The Hall–Kier alpha value is -3.33. The summed E-state index contributed by atoms with van der Waals surface area (Å²) in [5.74, 6) is 3.22. The van der Waals surface area contributed by atoms with Gasteiger partial charge in [-0.3, -0.25) is 0 Å². The van der Waals surface area contributed by atoms with Crippen molar-refractivity contribution in [3.05, 3.63) is 54.4 Å². The first-order valence-electron chi connectivity index (χ1n) is 8.33. The first-order chi connectivity index (χ1) is 13.8. The number of benzene rings is 2. The Morgan fingerprint density at radius 1 is 0.964 bits per heavy atom. The molecule has 9 heteroatoms. The number of hydrogen-bond acceptors (Lipinski definition) is 9. The van der Waals surface area contributed by atoms with Crippen LogP contribution in [0.25, 0.3) is 22.8 Å². The second-order valence-electron chi connectivity index (χ2n) is 5.60. The van der Waals surface area contributed by atoms with Crippen LogP contribution in [0.2, 0.25) is 0 Å². The quantitative estimate of drug-likeness (QED) is 0.428. The largest absolute Gasteiger partial charge is 0.497 e. The van der Waals surface area contributed by atoms with Crippen molar-refractivity contribution in [1.29, 1.82) is 0 Å². The van der Waals surface area contributed by atoms with Gasteiger partial charge in [-0.1, -0.05) is 29.1 Å². The van der Waals surface area contributed by atoms with Crippen molar-refractivity contribution in [2.45, 2.75) is 11.0 Å². The van der Waals surface area contributed by atoms with Crippen LogP contribution in [0.4, 0.5) is 0 Å². The molecule has 8 nitrogen and oxygen atoms in total. The van der Waals surface area contributed by atoms with Crippen LogP contribution < -0.4 is 9.47 Å². The molecule has 0 saturated carbocycles. The maximum absolute atomic E-state index is 5.68. The van der Waals surface area contributed by atoms with Gasteiger partial charge in [-0.25, -0.2) is 0 Å². The lowest BCUT2D eigenvalue weighted by molar-refractivity contribution is 0.389. The van der Waals surface area contributed by atoms with Gasteiger partial charge in [0.25, 0.3) is 5.22 Å². The van der Waals surface area contributed by atoms with Gasteiger partial charge in [0.15, 0.2) is 0 Å². The molecule has 2 heterocycles. The van der Waals surface area contributed by atoms with E-state index in [1.54, 1.807) is 14.2 Å². The topological polar surface area (TPSA) is 96.3 Å². The van der Waals surface area contributed by atoms with Crippen LogP contribution >= 0.6 is 11.8 Å². The van der Waals surface area contributed by atoms with E-state index in [2.05, 4.69) is 20.3 Å². The molecule has 4 aromatic rings. The third-order valence-corrected chi connectivity index (χ3v) is 4.68. The fourth-order valence-electron chi connectivity index (χ4n) is 2.49. The Morgan fingerprint density at radius 2 is 1.79 bits per heavy atom. The van der Waals surface area contributed by atoms with Gasteiger partial charge >= 0.3 is 0 Å². The molecule has 2 aromatic heterocycles. The molecule has 0 aliphatic carbocycles. The molecule has 0 amide bonds. The first-order valence-corrected chi connectivity index (χ1v) is 9.32. The van der Waals surface area contributed by atoms with Crippen LogP contribution in [0, 0.1) is 0 Å². The Labute approximate surface area is 164 Å². The van der Waals surface area contributed by atoms with E-state index in [0.717, 1.165) is 16.9 Å². The monoisotopic (exact) mass is 396 g/mol. The number of ether oxygens (including phenoxy) is 2. The van der Waals surface area contributed by atoms with Gasteiger partial charge in [0.05, 0.1) is 25.5 Å². The van der Waals surface area contributed by atoms with Crippen molar-refractivity contribution < 1.29 is 18.4 Å². The summed E-state index contributed by atoms with van der Waals surface area (Å²) in [6.45, 7) is 0. The SMILES string of the molecule is COc1ccc(-c2nnc(SCc3nc(-c4ccccc4OC)no3)o2)cc1. The summed E-state index contributed by atoms with van der Waals surface area (Å²) in [6.07, 6.45) is 0. The summed E-state index contributed by atoms with van der Waals surface area (Å²) in [5, 5.41) is 12.6. The van der Waals surface area contributed by atoms with Gasteiger partial charge in [-0.15, -0.1) is 10.2 Å². The number of methoxy groups -OCH3 is 2. The lowest BCUT2D eigenvalue weighted by atomic mass is 10.2. The normalized spacial score (nSPS) is 10.8. The molecule has 0 unspecified atom stereocenters. The van der Waals surface area contributed by atoms with Crippen LogP contribution in [0.15, 0.2) is 62.7 Å². The highest BCUT2D eigenvalue weighted by molar-refractivity contribution is 7.98. The summed E-state index contributed by atoms with van der Waals surface area (Å²) >= 11 is 1.32. The molecule has 0 fully saturated rings. The standard InChI is InChI=1S/C19H16N4O4S/c1-24-13-9-7-12(8-10-13)18-21-22-19(26-18)28-11-16-20-17(23-27-16)14-5-3-4-6-15(14)25-2/h3-10H,11H2,1-2H3. The number of aromatic nitrogens is 4. The number of nitrogens with zero attached hydrogens (tertiary/aromatic N) is 4. The van der Waals surface area contributed by atoms with Crippen LogP contribution in [0.5, 0.6) is 11.5 Å². The van der Waals surface area contributed by atoms with Gasteiger partial charge in [0.1, 0.15) is 11.5 Å². The molecule has 0 N–H and O–H groups in total. The maximum Gasteiger partial charge on any atom is 0.277 e. The summed E-state index contributed by atoms with van der Waals surface area (Å²) in [7, 11) is 3.22. The van der Waals surface area contributed by atoms with Gasteiger partial charge < -0.3 is 18.4 Å². The molecular formula is C19H16N4O4S. The maximum atomic E-state index is 5.68. The van der Waals surface area contributed by atoms with E-state index in [1.165, 1.54) is 11.8 Å². The minimum Gasteiger partial charge on any atom is -0.497 e. The fraction of sp³-hybridized carbons (Fsp3) is 0.158. The van der Waals surface area contributed by atoms with Gasteiger partial charge in [0, 0.05) is 5.56 Å². The van der Waals surface area contributed by atoms with Gasteiger partial charge in [0.2, 0.25) is 17.6 Å². The predicted octanol–water partition coefficient (Wildman–Crippen LogP) is 4.10. The molecular weight excluding hydrogens is 380 g/mol. The van der Waals surface area contributed by atoms with E-state index in [-0.39, 0.29) is 0 Å². The van der Waals surface area contributed by atoms with Crippen LogP contribution in [-0.4, -0.2) is 34.6 Å². The predicted molar refractivity (Wildman–Crippen MR) is 102 cm³/mol. The number of rotatable bonds is 7. The Morgan fingerprint density at radius 3 is 2.57 bits per heavy atom. The van der Waals surface area contributed by atoms with Gasteiger partial charge in [-0.05, 0) is 36.4 Å². The summed E-state index contributed by atoms with van der Waals surface area (Å²) in [6, 6.07) is 14.9. The second-order valence-corrected chi connectivity index (χ2v) is 6.53. The zero-order valence-corrected chi connectivity index (χ0v) is 16.0. The highest BCUT2D eigenvalue weighted by Gasteiger charge is 2.15. The van der Waals surface area contributed by atoms with Crippen molar-refractivity contribution >= 4 is 11.8 Å². The lowest BCUT2D eigenvalue weighted by Gasteiger charge is -2.02. The Balaban J connectivity index is 1.43. The van der Waals surface area contributed by atoms with Crippen LogP contribution in [0.3, 0.4) is 0 Å². The molecule has 0 radical (unpaired) electrons. The smallest absolute Gasteiger partial charge is 0.277 e. The Bertz CT molecular complexity index is 1060. The molecule has 4 rings (SSSR count). The molecule has 0 spiro atoms. The van der Waals surface area contributed by atoms with E-state index in [0.29, 0.717) is 34.3 Å². The van der Waals surface area contributed by atoms with Crippen LogP contribution in [-0.2, 0) is 5.75 Å². The molecule has 0 bridgehead atoms. The van der Waals surface area contributed by atoms with E-state index in [9.17, 15) is 0 Å².